The van der Waals surface area contributed by atoms with Crippen molar-refractivity contribution in [2.24, 2.45) is 5.92 Å². The van der Waals surface area contributed by atoms with Crippen molar-refractivity contribution in [2.75, 3.05) is 6.61 Å². The van der Waals surface area contributed by atoms with Gasteiger partial charge in [0.2, 0.25) is 5.91 Å². The summed E-state index contributed by atoms with van der Waals surface area (Å²) in [5.74, 6) is 0.0506. The minimum atomic E-state index is -0.331. The van der Waals surface area contributed by atoms with Gasteiger partial charge in [-0.25, -0.2) is 4.79 Å². The lowest BCUT2D eigenvalue weighted by Gasteiger charge is -2.34. The molecule has 0 aromatic heterocycles. The average Bonchev–Trinajstić information content (AvgIpc) is 2.76. The summed E-state index contributed by atoms with van der Waals surface area (Å²) in [5, 5.41) is 0. The van der Waals surface area contributed by atoms with Crippen molar-refractivity contribution in [1.82, 2.24) is 4.90 Å². The maximum atomic E-state index is 13.2. The molecule has 1 unspecified atom stereocenters. The van der Waals surface area contributed by atoms with Gasteiger partial charge >= 0.3 is 5.97 Å². The van der Waals surface area contributed by atoms with Crippen LogP contribution in [0.3, 0.4) is 0 Å². The van der Waals surface area contributed by atoms with Crippen molar-refractivity contribution >= 4 is 27.8 Å². The molecule has 170 valence electrons. The van der Waals surface area contributed by atoms with E-state index < -0.39 is 0 Å². The molecule has 0 bridgehead atoms. The molecule has 1 amide bonds. The van der Waals surface area contributed by atoms with Crippen LogP contribution in [0.2, 0.25) is 0 Å². The molecule has 2 aromatic carbocycles. The largest absolute Gasteiger partial charge is 0.462 e. The fraction of sp³-hybridized carbons (Fsp3) is 0.407. The van der Waals surface area contributed by atoms with E-state index in [4.69, 9.17) is 4.74 Å². The summed E-state index contributed by atoms with van der Waals surface area (Å²) in [4.78, 5) is 28.1. The third-order valence-electron chi connectivity index (χ3n) is 5.85. The van der Waals surface area contributed by atoms with Gasteiger partial charge in [-0.2, -0.15) is 0 Å². The average molecular weight is 498 g/mol. The molecule has 1 aliphatic heterocycles. The maximum absolute atomic E-state index is 13.2. The molecule has 4 nitrogen and oxygen atoms in total. The van der Waals surface area contributed by atoms with Gasteiger partial charge in [0.25, 0.3) is 0 Å². The summed E-state index contributed by atoms with van der Waals surface area (Å²) < 4.78 is 6.62. The Labute approximate surface area is 199 Å². The molecule has 1 atom stereocenters. The highest BCUT2D eigenvalue weighted by Crippen LogP contribution is 2.38. The minimum Gasteiger partial charge on any atom is -0.462 e. The highest BCUT2D eigenvalue weighted by molar-refractivity contribution is 9.10. The third-order valence-corrected chi connectivity index (χ3v) is 6.38. The Morgan fingerprint density at radius 1 is 1.06 bits per heavy atom. The van der Waals surface area contributed by atoms with Crippen LogP contribution in [0.1, 0.15) is 69.6 Å². The van der Waals surface area contributed by atoms with E-state index in [0.717, 1.165) is 15.6 Å². The van der Waals surface area contributed by atoms with Crippen LogP contribution in [0.4, 0.5) is 0 Å². The van der Waals surface area contributed by atoms with E-state index in [2.05, 4.69) is 41.9 Å². The first kappa shape index (κ1) is 24.2. The molecule has 0 spiro atoms. The SMILES string of the molecule is CC1=C(C(=O)OCC(C)C)C(c2ccc(C(C)C)cc2)CC(=O)N1Cc1ccc(Br)cc1. The second-order valence-corrected chi connectivity index (χ2v) is 10.1. The van der Waals surface area contributed by atoms with E-state index >= 15 is 0 Å². The zero-order valence-corrected chi connectivity index (χ0v) is 21.1. The van der Waals surface area contributed by atoms with Crippen molar-refractivity contribution in [3.63, 3.8) is 0 Å². The first-order valence-corrected chi connectivity index (χ1v) is 12.0. The Balaban J connectivity index is 1.98. The van der Waals surface area contributed by atoms with Crippen LogP contribution in [0.25, 0.3) is 0 Å². The lowest BCUT2D eigenvalue weighted by Crippen LogP contribution is -2.38. The molecule has 0 N–H and O–H groups in total. The van der Waals surface area contributed by atoms with Crippen molar-refractivity contribution in [1.29, 1.82) is 0 Å². The van der Waals surface area contributed by atoms with E-state index in [0.29, 0.717) is 30.3 Å². The number of carbonyl (C=O) groups excluding carboxylic acids is 2. The first-order valence-electron chi connectivity index (χ1n) is 11.2. The Hall–Kier alpha value is -2.40. The van der Waals surface area contributed by atoms with Crippen molar-refractivity contribution in [3.05, 3.63) is 81.0 Å². The van der Waals surface area contributed by atoms with Gasteiger partial charge in [-0.3, -0.25) is 4.79 Å². The Morgan fingerprint density at radius 2 is 1.69 bits per heavy atom. The smallest absolute Gasteiger partial charge is 0.336 e. The molecule has 0 aliphatic carbocycles. The molecular formula is C27H32BrNO3. The number of halogens is 1. The number of rotatable bonds is 7. The molecule has 0 radical (unpaired) electrons. The van der Waals surface area contributed by atoms with Crippen LogP contribution in [0.15, 0.2) is 64.3 Å². The van der Waals surface area contributed by atoms with Gasteiger partial charge < -0.3 is 9.64 Å². The number of ether oxygens (including phenoxy) is 1. The number of benzene rings is 2. The molecule has 0 saturated heterocycles. The minimum absolute atomic E-state index is 0.0174. The number of esters is 1. The number of nitrogens with zero attached hydrogens (tertiary/aromatic N) is 1. The molecule has 3 rings (SSSR count). The summed E-state index contributed by atoms with van der Waals surface area (Å²) in [6.07, 6.45) is 0.251. The Kier molecular flexibility index (Phi) is 7.94. The summed E-state index contributed by atoms with van der Waals surface area (Å²) in [6, 6.07) is 16.1. The number of carbonyl (C=O) groups is 2. The van der Waals surface area contributed by atoms with Crippen LogP contribution >= 0.6 is 15.9 Å². The van der Waals surface area contributed by atoms with Gasteiger partial charge in [0.15, 0.2) is 0 Å². The molecule has 2 aromatic rings. The zero-order valence-electron chi connectivity index (χ0n) is 19.5. The van der Waals surface area contributed by atoms with Crippen molar-refractivity contribution in [2.45, 2.75) is 59.4 Å². The van der Waals surface area contributed by atoms with Crippen molar-refractivity contribution in [3.8, 4) is 0 Å². The second kappa shape index (κ2) is 10.5. The van der Waals surface area contributed by atoms with Crippen LogP contribution < -0.4 is 0 Å². The number of allylic oxidation sites excluding steroid dienone is 1. The van der Waals surface area contributed by atoms with Crippen LogP contribution in [-0.2, 0) is 20.9 Å². The molecule has 0 saturated carbocycles. The van der Waals surface area contributed by atoms with Gasteiger partial charge in [0.05, 0.1) is 18.7 Å². The van der Waals surface area contributed by atoms with Crippen LogP contribution in [0.5, 0.6) is 0 Å². The van der Waals surface area contributed by atoms with Crippen molar-refractivity contribution < 1.29 is 14.3 Å². The second-order valence-electron chi connectivity index (χ2n) is 9.18. The number of amides is 1. The normalized spacial score (nSPS) is 16.8. The molecule has 1 aliphatic rings. The van der Waals surface area contributed by atoms with Gasteiger partial charge in [-0.05, 0) is 47.6 Å². The first-order chi connectivity index (χ1) is 15.2. The lowest BCUT2D eigenvalue weighted by atomic mass is 9.83. The van der Waals surface area contributed by atoms with Crippen LogP contribution in [-0.4, -0.2) is 23.4 Å². The summed E-state index contributed by atoms with van der Waals surface area (Å²) in [5.41, 5.74) is 4.48. The highest BCUT2D eigenvalue weighted by atomic mass is 79.9. The monoisotopic (exact) mass is 497 g/mol. The fourth-order valence-electron chi connectivity index (χ4n) is 3.96. The predicted octanol–water partition coefficient (Wildman–Crippen LogP) is 6.56. The molecule has 1 heterocycles. The van der Waals surface area contributed by atoms with E-state index in [1.807, 2.05) is 57.2 Å². The van der Waals surface area contributed by atoms with Gasteiger partial charge in [0, 0.05) is 22.5 Å². The predicted molar refractivity (Wildman–Crippen MR) is 131 cm³/mol. The Bertz CT molecular complexity index is 991. The lowest BCUT2D eigenvalue weighted by molar-refractivity contribution is -0.141. The van der Waals surface area contributed by atoms with E-state index in [1.54, 1.807) is 4.90 Å². The molecular weight excluding hydrogens is 466 g/mol. The highest BCUT2D eigenvalue weighted by Gasteiger charge is 2.37. The van der Waals surface area contributed by atoms with E-state index in [-0.39, 0.29) is 30.1 Å². The standard InChI is InChI=1S/C27H32BrNO3/c1-17(2)16-32-27(31)26-19(5)29(15-20-6-12-23(28)13-7-20)25(30)14-24(26)22-10-8-21(9-11-22)18(3)4/h6-13,17-18,24H,14-16H2,1-5H3. The quantitative estimate of drug-likeness (QED) is 0.406. The number of hydrogen-bond donors (Lipinski definition) is 0. The zero-order chi connectivity index (χ0) is 23.4. The van der Waals surface area contributed by atoms with E-state index in [9.17, 15) is 9.59 Å². The third kappa shape index (κ3) is 5.69. The summed E-state index contributed by atoms with van der Waals surface area (Å²) in [7, 11) is 0. The summed E-state index contributed by atoms with van der Waals surface area (Å²) in [6.45, 7) is 11.0. The van der Waals surface area contributed by atoms with Crippen LogP contribution in [0, 0.1) is 5.92 Å². The van der Waals surface area contributed by atoms with Gasteiger partial charge in [0.1, 0.15) is 0 Å². The number of hydrogen-bond acceptors (Lipinski definition) is 3. The topological polar surface area (TPSA) is 46.6 Å². The van der Waals surface area contributed by atoms with Gasteiger partial charge in [-0.1, -0.05) is 80.0 Å². The van der Waals surface area contributed by atoms with Gasteiger partial charge in [-0.15, -0.1) is 0 Å². The molecule has 32 heavy (non-hydrogen) atoms. The molecule has 0 fully saturated rings. The Morgan fingerprint density at radius 3 is 2.25 bits per heavy atom. The fourth-order valence-corrected chi connectivity index (χ4v) is 4.22. The van der Waals surface area contributed by atoms with E-state index in [1.165, 1.54) is 5.56 Å². The molecule has 5 heteroatoms. The maximum Gasteiger partial charge on any atom is 0.336 e. The summed E-state index contributed by atoms with van der Waals surface area (Å²) >= 11 is 3.45.